The standard InChI is InChI=1S/C26H33N3O3.ClH/c1-2-4-22-28-21(7-8-26-13-16-9-17(14-26)11-18(10-16)15-26)23(29-22)24(30)27-20-6-3-5-19(12-20)25(31)32;/h3,5-6,12,16-18H,2,4,7-11,13-15H2,1H3,(H,27,30)(H,28,29)(H,31,32);1H. The number of halogens is 1. The van der Waals surface area contributed by atoms with Crippen molar-refractivity contribution in [1.29, 1.82) is 0 Å². The van der Waals surface area contributed by atoms with Gasteiger partial charge < -0.3 is 15.4 Å². The Hall–Kier alpha value is -2.34. The topological polar surface area (TPSA) is 95.1 Å². The number of carbonyl (C=O) groups is 2. The fourth-order valence-electron chi connectivity index (χ4n) is 7.09. The summed E-state index contributed by atoms with van der Waals surface area (Å²) < 4.78 is 0. The molecular formula is C26H34ClN3O3. The van der Waals surface area contributed by atoms with Crippen LogP contribution in [0.3, 0.4) is 0 Å². The normalized spacial score (nSPS) is 27.2. The number of nitrogens with one attached hydrogen (secondary N) is 2. The van der Waals surface area contributed by atoms with Crippen LogP contribution in [0.25, 0.3) is 0 Å². The summed E-state index contributed by atoms with van der Waals surface area (Å²) in [6.45, 7) is 2.11. The van der Waals surface area contributed by atoms with Crippen molar-refractivity contribution in [3.8, 4) is 0 Å². The summed E-state index contributed by atoms with van der Waals surface area (Å²) in [5.74, 6) is 2.33. The van der Waals surface area contributed by atoms with Gasteiger partial charge in [-0.2, -0.15) is 0 Å². The monoisotopic (exact) mass is 471 g/mol. The number of aromatic carboxylic acids is 1. The van der Waals surface area contributed by atoms with Gasteiger partial charge in [0.2, 0.25) is 0 Å². The Kier molecular flexibility index (Phi) is 6.85. The number of benzene rings is 1. The van der Waals surface area contributed by atoms with Gasteiger partial charge in [-0.05, 0) is 99.2 Å². The number of anilines is 1. The first-order valence-corrected chi connectivity index (χ1v) is 12.2. The number of amides is 1. The third-order valence-corrected chi connectivity index (χ3v) is 7.97. The lowest BCUT2D eigenvalue weighted by Gasteiger charge is -2.57. The minimum atomic E-state index is -1.01. The number of hydrogen-bond acceptors (Lipinski definition) is 3. The Morgan fingerprint density at radius 2 is 1.79 bits per heavy atom. The molecule has 7 heteroatoms. The van der Waals surface area contributed by atoms with Gasteiger partial charge in [-0.15, -0.1) is 12.4 Å². The second kappa shape index (κ2) is 9.49. The number of nitrogens with zero attached hydrogens (tertiary/aromatic N) is 1. The summed E-state index contributed by atoms with van der Waals surface area (Å²) in [5.41, 5.74) is 2.46. The van der Waals surface area contributed by atoms with Crippen LogP contribution < -0.4 is 5.32 Å². The number of aromatic amines is 1. The van der Waals surface area contributed by atoms with E-state index in [0.717, 1.165) is 55.0 Å². The first-order valence-electron chi connectivity index (χ1n) is 12.2. The molecule has 1 aromatic heterocycles. The summed E-state index contributed by atoms with van der Waals surface area (Å²) in [7, 11) is 0. The summed E-state index contributed by atoms with van der Waals surface area (Å²) in [5, 5.41) is 12.1. The molecule has 0 spiro atoms. The minimum Gasteiger partial charge on any atom is -0.478 e. The Bertz CT molecular complexity index is 996. The average Bonchev–Trinajstić information content (AvgIpc) is 3.15. The van der Waals surface area contributed by atoms with Gasteiger partial charge in [-0.1, -0.05) is 13.0 Å². The fourth-order valence-corrected chi connectivity index (χ4v) is 7.09. The van der Waals surface area contributed by atoms with Gasteiger partial charge in [0.05, 0.1) is 5.56 Å². The molecule has 4 bridgehead atoms. The highest BCUT2D eigenvalue weighted by Crippen LogP contribution is 2.61. The zero-order valence-electron chi connectivity index (χ0n) is 19.2. The van der Waals surface area contributed by atoms with Crippen molar-refractivity contribution in [2.45, 2.75) is 71.1 Å². The molecule has 0 aliphatic heterocycles. The van der Waals surface area contributed by atoms with Crippen LogP contribution in [0.15, 0.2) is 24.3 Å². The summed E-state index contributed by atoms with van der Waals surface area (Å²) >= 11 is 0. The predicted molar refractivity (Wildman–Crippen MR) is 130 cm³/mol. The van der Waals surface area contributed by atoms with Crippen molar-refractivity contribution in [3.05, 3.63) is 47.0 Å². The Morgan fingerprint density at radius 1 is 1.12 bits per heavy atom. The summed E-state index contributed by atoms with van der Waals surface area (Å²) in [6, 6.07) is 6.34. The van der Waals surface area contributed by atoms with Gasteiger partial charge in [0.25, 0.3) is 5.91 Å². The maximum absolute atomic E-state index is 13.1. The van der Waals surface area contributed by atoms with Crippen molar-refractivity contribution < 1.29 is 14.7 Å². The molecule has 0 radical (unpaired) electrons. The predicted octanol–water partition coefficient (Wildman–Crippen LogP) is 5.88. The van der Waals surface area contributed by atoms with E-state index in [1.165, 1.54) is 50.7 Å². The molecule has 4 fully saturated rings. The van der Waals surface area contributed by atoms with Crippen molar-refractivity contribution >= 4 is 30.0 Å². The van der Waals surface area contributed by atoms with E-state index in [2.05, 4.69) is 22.2 Å². The van der Waals surface area contributed by atoms with E-state index in [1.807, 2.05) is 0 Å². The molecule has 0 unspecified atom stereocenters. The number of carboxylic acid groups (broad SMARTS) is 1. The molecule has 3 N–H and O–H groups in total. The number of carbonyl (C=O) groups excluding carboxylic acids is 1. The van der Waals surface area contributed by atoms with E-state index >= 15 is 0 Å². The smallest absolute Gasteiger partial charge is 0.335 e. The van der Waals surface area contributed by atoms with E-state index < -0.39 is 5.97 Å². The van der Waals surface area contributed by atoms with E-state index in [9.17, 15) is 14.7 Å². The quantitative estimate of drug-likeness (QED) is 0.447. The number of hydrogen-bond donors (Lipinski definition) is 3. The molecule has 6 rings (SSSR count). The third kappa shape index (κ3) is 4.96. The zero-order chi connectivity index (χ0) is 22.3. The lowest BCUT2D eigenvalue weighted by atomic mass is 9.48. The van der Waals surface area contributed by atoms with Crippen LogP contribution in [0, 0.1) is 23.2 Å². The lowest BCUT2D eigenvalue weighted by Crippen LogP contribution is -2.46. The van der Waals surface area contributed by atoms with Gasteiger partial charge in [0.15, 0.2) is 0 Å². The van der Waals surface area contributed by atoms with Gasteiger partial charge in [-0.3, -0.25) is 4.79 Å². The van der Waals surface area contributed by atoms with Crippen LogP contribution in [-0.2, 0) is 12.8 Å². The number of imidazole rings is 1. The lowest BCUT2D eigenvalue weighted by molar-refractivity contribution is -0.0570. The van der Waals surface area contributed by atoms with Gasteiger partial charge in [0.1, 0.15) is 11.5 Å². The van der Waals surface area contributed by atoms with Crippen LogP contribution in [0.2, 0.25) is 0 Å². The Balaban J connectivity index is 0.00000259. The Labute approximate surface area is 201 Å². The molecule has 4 saturated carbocycles. The van der Waals surface area contributed by atoms with Gasteiger partial charge in [-0.25, -0.2) is 9.78 Å². The zero-order valence-corrected chi connectivity index (χ0v) is 20.0. The van der Waals surface area contributed by atoms with Crippen molar-refractivity contribution in [2.24, 2.45) is 23.2 Å². The van der Waals surface area contributed by atoms with Crippen LogP contribution in [0.1, 0.15) is 90.7 Å². The third-order valence-electron chi connectivity index (χ3n) is 7.97. The molecular weight excluding hydrogens is 438 g/mol. The minimum absolute atomic E-state index is 0. The van der Waals surface area contributed by atoms with Crippen molar-refractivity contribution in [1.82, 2.24) is 9.97 Å². The molecule has 4 aliphatic carbocycles. The molecule has 4 aliphatic rings. The maximum atomic E-state index is 13.1. The molecule has 178 valence electrons. The highest BCUT2D eigenvalue weighted by Gasteiger charge is 2.50. The highest BCUT2D eigenvalue weighted by molar-refractivity contribution is 6.04. The molecule has 1 aromatic carbocycles. The van der Waals surface area contributed by atoms with Crippen molar-refractivity contribution in [2.75, 3.05) is 5.32 Å². The second-order valence-electron chi connectivity index (χ2n) is 10.5. The van der Waals surface area contributed by atoms with Gasteiger partial charge >= 0.3 is 5.97 Å². The molecule has 1 heterocycles. The largest absolute Gasteiger partial charge is 0.478 e. The van der Waals surface area contributed by atoms with Crippen molar-refractivity contribution in [3.63, 3.8) is 0 Å². The number of rotatable bonds is 8. The van der Waals surface area contributed by atoms with Crippen LogP contribution in [0.4, 0.5) is 5.69 Å². The van der Waals surface area contributed by atoms with E-state index in [4.69, 9.17) is 0 Å². The first-order chi connectivity index (χ1) is 15.4. The number of H-pyrrole nitrogens is 1. The number of carboxylic acids is 1. The van der Waals surface area contributed by atoms with Crippen LogP contribution in [0.5, 0.6) is 0 Å². The van der Waals surface area contributed by atoms with E-state index in [1.54, 1.807) is 12.1 Å². The SMILES string of the molecule is CCCc1nc(C(=O)Nc2cccc(C(=O)O)c2)c(CCC23CC4CC(CC(C4)C2)C3)[nH]1.Cl. The van der Waals surface area contributed by atoms with Crippen LogP contribution >= 0.6 is 12.4 Å². The van der Waals surface area contributed by atoms with Gasteiger partial charge in [0, 0.05) is 17.8 Å². The summed E-state index contributed by atoms with van der Waals surface area (Å²) in [4.78, 5) is 32.5. The second-order valence-corrected chi connectivity index (χ2v) is 10.5. The van der Waals surface area contributed by atoms with E-state index in [-0.39, 0.29) is 23.9 Å². The molecule has 33 heavy (non-hydrogen) atoms. The fraction of sp³-hybridized carbons (Fsp3) is 0.577. The molecule has 6 nitrogen and oxygen atoms in total. The number of aryl methyl sites for hydroxylation is 2. The van der Waals surface area contributed by atoms with Crippen LogP contribution in [-0.4, -0.2) is 27.0 Å². The molecule has 1 amide bonds. The maximum Gasteiger partial charge on any atom is 0.335 e. The molecule has 0 atom stereocenters. The average molecular weight is 472 g/mol. The highest BCUT2D eigenvalue weighted by atomic mass is 35.5. The Morgan fingerprint density at radius 3 is 2.39 bits per heavy atom. The van der Waals surface area contributed by atoms with E-state index in [0.29, 0.717) is 16.8 Å². The molecule has 0 saturated heterocycles. The number of aromatic nitrogens is 2. The molecule has 2 aromatic rings. The first kappa shape index (κ1) is 23.8. The summed E-state index contributed by atoms with van der Waals surface area (Å²) in [6.07, 6.45) is 12.1.